The van der Waals surface area contributed by atoms with Crippen molar-refractivity contribution in [3.05, 3.63) is 38.9 Å². The van der Waals surface area contributed by atoms with E-state index in [9.17, 15) is 9.59 Å². The van der Waals surface area contributed by atoms with Crippen LogP contribution in [0.3, 0.4) is 0 Å². The van der Waals surface area contributed by atoms with Crippen molar-refractivity contribution < 1.29 is 19.1 Å². The van der Waals surface area contributed by atoms with Gasteiger partial charge in [0.1, 0.15) is 5.25 Å². The lowest BCUT2D eigenvalue weighted by atomic mass is 9.83. The maximum absolute atomic E-state index is 12.8. The van der Waals surface area contributed by atoms with Gasteiger partial charge in [0.05, 0.1) is 24.2 Å². The first-order chi connectivity index (χ1) is 12.6. The molecular weight excluding hydrogens is 392 g/mol. The first kappa shape index (κ1) is 19.1. The van der Waals surface area contributed by atoms with Gasteiger partial charge in [-0.15, -0.1) is 11.3 Å². The molecule has 3 atom stereocenters. The van der Waals surface area contributed by atoms with Crippen molar-refractivity contribution in [2.75, 3.05) is 13.2 Å². The quantitative estimate of drug-likeness (QED) is 0.596. The number of hydrogen-bond acceptors (Lipinski definition) is 8. The van der Waals surface area contributed by atoms with Crippen LogP contribution in [-0.4, -0.2) is 40.4 Å². The summed E-state index contributed by atoms with van der Waals surface area (Å²) in [5, 5.41) is 0.0828. The van der Waals surface area contributed by atoms with Crippen LogP contribution in [0.1, 0.15) is 30.2 Å². The molecule has 26 heavy (non-hydrogen) atoms. The van der Waals surface area contributed by atoms with E-state index in [0.717, 1.165) is 15.5 Å². The van der Waals surface area contributed by atoms with Crippen molar-refractivity contribution in [1.29, 1.82) is 0 Å². The molecular formula is C17H18N2O4S3. The van der Waals surface area contributed by atoms with Gasteiger partial charge in [0.2, 0.25) is 0 Å². The monoisotopic (exact) mass is 410 g/mol. The van der Waals surface area contributed by atoms with E-state index in [0.29, 0.717) is 3.95 Å². The van der Waals surface area contributed by atoms with E-state index in [1.807, 2.05) is 12.1 Å². The Hall–Kier alpha value is -1.71. The predicted octanol–water partition coefficient (Wildman–Crippen LogP) is 3.55. The summed E-state index contributed by atoms with van der Waals surface area (Å²) in [5.74, 6) is -1.93. The number of nitrogens with zero attached hydrogens (tertiary/aromatic N) is 1. The van der Waals surface area contributed by atoms with Crippen LogP contribution in [-0.2, 0) is 19.1 Å². The number of thioether (sulfide) groups is 1. The average molecular weight is 411 g/mol. The van der Waals surface area contributed by atoms with Gasteiger partial charge in [-0.3, -0.25) is 14.6 Å². The zero-order valence-corrected chi connectivity index (χ0v) is 16.7. The Balaban J connectivity index is 2.15. The summed E-state index contributed by atoms with van der Waals surface area (Å²) >= 11 is 7.99. The molecule has 1 aliphatic heterocycles. The minimum Gasteiger partial charge on any atom is -0.466 e. The number of carbonyl (C=O) groups excluding carboxylic acids is 2. The van der Waals surface area contributed by atoms with Crippen LogP contribution >= 0.6 is 35.3 Å². The van der Waals surface area contributed by atoms with E-state index < -0.39 is 23.1 Å². The van der Waals surface area contributed by atoms with Gasteiger partial charge in [0, 0.05) is 23.2 Å². The molecule has 1 N–H and O–H groups in total. The van der Waals surface area contributed by atoms with Crippen molar-refractivity contribution in [2.24, 2.45) is 5.92 Å². The van der Waals surface area contributed by atoms with E-state index in [4.69, 9.17) is 21.7 Å². The minimum atomic E-state index is -0.716. The third-order valence-corrected chi connectivity index (χ3v) is 6.72. The fourth-order valence-electron chi connectivity index (χ4n) is 2.99. The Kier molecular flexibility index (Phi) is 6.10. The summed E-state index contributed by atoms with van der Waals surface area (Å²) in [5.41, 5.74) is 0.839. The maximum atomic E-state index is 12.8. The molecule has 0 bridgehead atoms. The third kappa shape index (κ3) is 3.70. The molecule has 3 rings (SSSR count). The molecule has 1 aliphatic rings. The molecule has 2 aromatic heterocycles. The fraction of sp³-hybridized carbons (Fsp3) is 0.412. The largest absolute Gasteiger partial charge is 0.466 e. The molecule has 0 fully saturated rings. The predicted molar refractivity (Wildman–Crippen MR) is 102 cm³/mol. The maximum Gasteiger partial charge on any atom is 0.320 e. The van der Waals surface area contributed by atoms with Gasteiger partial charge in [-0.05, 0) is 37.7 Å². The number of fused-ring (bicyclic) bond motifs is 1. The highest BCUT2D eigenvalue weighted by atomic mass is 32.2. The van der Waals surface area contributed by atoms with Crippen molar-refractivity contribution in [1.82, 2.24) is 9.97 Å². The average Bonchev–Trinajstić information content (AvgIpc) is 3.01. The highest BCUT2D eigenvalue weighted by Crippen LogP contribution is 2.50. The molecule has 138 valence electrons. The summed E-state index contributed by atoms with van der Waals surface area (Å²) in [6.45, 7) is 3.98. The first-order valence-corrected chi connectivity index (χ1v) is 10.3. The third-order valence-electron chi connectivity index (χ3n) is 3.98. The number of ether oxygens (including phenoxy) is 2. The number of rotatable bonds is 5. The second-order valence-electron chi connectivity index (χ2n) is 5.54. The van der Waals surface area contributed by atoms with E-state index in [1.165, 1.54) is 23.1 Å². The van der Waals surface area contributed by atoms with Crippen LogP contribution in [0.5, 0.6) is 0 Å². The summed E-state index contributed by atoms with van der Waals surface area (Å²) in [6.07, 6.45) is 3.38. The number of aromatic amines is 1. The molecule has 3 unspecified atom stereocenters. The number of aromatic nitrogens is 2. The van der Waals surface area contributed by atoms with E-state index in [1.54, 1.807) is 26.2 Å². The van der Waals surface area contributed by atoms with E-state index in [2.05, 4.69) is 9.97 Å². The number of thiazole rings is 1. The summed E-state index contributed by atoms with van der Waals surface area (Å²) in [7, 11) is 0. The molecule has 0 amide bonds. The second kappa shape index (κ2) is 8.32. The minimum absolute atomic E-state index is 0.241. The molecule has 6 nitrogen and oxygen atoms in total. The number of nitrogens with one attached hydrogen (secondary N) is 1. The molecule has 3 heterocycles. The van der Waals surface area contributed by atoms with Crippen molar-refractivity contribution in [3.8, 4) is 0 Å². The molecule has 0 saturated carbocycles. The zero-order valence-electron chi connectivity index (χ0n) is 14.3. The number of carbonyl (C=O) groups is 2. The molecule has 0 aromatic carbocycles. The highest BCUT2D eigenvalue weighted by Gasteiger charge is 2.48. The second-order valence-corrected chi connectivity index (χ2v) is 8.41. The molecule has 0 radical (unpaired) electrons. The Bertz CT molecular complexity index is 849. The molecule has 2 aromatic rings. The van der Waals surface area contributed by atoms with Gasteiger partial charge in [0.15, 0.2) is 3.95 Å². The molecule has 0 aliphatic carbocycles. The lowest BCUT2D eigenvalue weighted by molar-refractivity contribution is -0.154. The van der Waals surface area contributed by atoms with Gasteiger partial charge < -0.3 is 14.5 Å². The zero-order chi connectivity index (χ0) is 18.7. The topological polar surface area (TPSA) is 81.3 Å². The van der Waals surface area contributed by atoms with E-state index >= 15 is 0 Å². The molecule has 0 spiro atoms. The van der Waals surface area contributed by atoms with Crippen LogP contribution in [0.25, 0.3) is 0 Å². The molecule has 9 heteroatoms. The lowest BCUT2D eigenvalue weighted by Crippen LogP contribution is -2.41. The van der Waals surface area contributed by atoms with E-state index in [-0.39, 0.29) is 19.1 Å². The van der Waals surface area contributed by atoms with Crippen molar-refractivity contribution in [3.63, 3.8) is 0 Å². The Morgan fingerprint density at radius 3 is 2.65 bits per heavy atom. The number of esters is 2. The Morgan fingerprint density at radius 2 is 2.00 bits per heavy atom. The van der Waals surface area contributed by atoms with Gasteiger partial charge in [0.25, 0.3) is 0 Å². The van der Waals surface area contributed by atoms with Crippen LogP contribution < -0.4 is 0 Å². The van der Waals surface area contributed by atoms with Crippen molar-refractivity contribution in [2.45, 2.75) is 30.0 Å². The summed E-state index contributed by atoms with van der Waals surface area (Å²) in [4.78, 5) is 33.7. The Morgan fingerprint density at radius 1 is 1.27 bits per heavy atom. The lowest BCUT2D eigenvalue weighted by Gasteiger charge is -2.34. The van der Waals surface area contributed by atoms with Gasteiger partial charge in [-0.2, -0.15) is 0 Å². The number of pyridine rings is 1. The standard InChI is InChI=1S/C17H18N2O4S3/c1-3-22-15(20)11-10(9-6-5-7-18-8-9)12-14(19-17(24)26-12)25-13(11)16(21)23-4-2/h5-8,10-11,13H,3-4H2,1-2H3,(H,19,24). The first-order valence-electron chi connectivity index (χ1n) is 8.19. The highest BCUT2D eigenvalue weighted by molar-refractivity contribution is 8.00. The van der Waals surface area contributed by atoms with Crippen LogP contribution in [0.4, 0.5) is 0 Å². The summed E-state index contributed by atoms with van der Waals surface area (Å²) < 4.78 is 11.1. The van der Waals surface area contributed by atoms with Gasteiger partial charge in [-0.25, -0.2) is 0 Å². The molecule has 0 saturated heterocycles. The van der Waals surface area contributed by atoms with Crippen LogP contribution in [0.2, 0.25) is 0 Å². The smallest absolute Gasteiger partial charge is 0.320 e. The SMILES string of the molecule is CCOC(=O)C1Sc2[nH]c(=S)sc2C(c2cccnc2)C1C(=O)OCC. The fourth-order valence-corrected chi connectivity index (χ4v) is 5.91. The van der Waals surface area contributed by atoms with Gasteiger partial charge >= 0.3 is 11.9 Å². The Labute approximate surface area is 164 Å². The van der Waals surface area contributed by atoms with Gasteiger partial charge in [-0.1, -0.05) is 17.8 Å². The number of hydrogen-bond donors (Lipinski definition) is 1. The van der Waals surface area contributed by atoms with Crippen LogP contribution in [0.15, 0.2) is 29.6 Å². The van der Waals surface area contributed by atoms with Crippen molar-refractivity contribution >= 4 is 47.3 Å². The van der Waals surface area contributed by atoms with Crippen LogP contribution in [0, 0.1) is 9.87 Å². The summed E-state index contributed by atoms with van der Waals surface area (Å²) in [6, 6.07) is 3.71. The number of H-pyrrole nitrogens is 1. The normalized spacial score (nSPS) is 21.7.